The Morgan fingerprint density at radius 1 is 1.05 bits per heavy atom. The molecule has 0 unspecified atom stereocenters. The van der Waals surface area contributed by atoms with Crippen LogP contribution in [0.2, 0.25) is 0 Å². The average molecular weight is 271 g/mol. The maximum Gasteiger partial charge on any atom is 0.244 e. The summed E-state index contributed by atoms with van der Waals surface area (Å²) in [5.74, 6) is 1.35. The quantitative estimate of drug-likeness (QED) is 0.723. The van der Waals surface area contributed by atoms with Crippen molar-refractivity contribution in [3.8, 4) is 0 Å². The molecule has 1 aromatic carbocycles. The Kier molecular flexibility index (Phi) is 5.76. The van der Waals surface area contributed by atoms with E-state index in [1.165, 1.54) is 5.56 Å². The molecule has 0 aliphatic rings. The molecular formula is C15H21N5. The smallest absolute Gasteiger partial charge is 0.244 e. The van der Waals surface area contributed by atoms with Crippen LogP contribution in [0, 0.1) is 0 Å². The Morgan fingerprint density at radius 3 is 2.70 bits per heavy atom. The Balaban J connectivity index is 1.73. The van der Waals surface area contributed by atoms with Crippen molar-refractivity contribution in [1.82, 2.24) is 15.2 Å². The molecule has 0 atom stereocenters. The van der Waals surface area contributed by atoms with Crippen LogP contribution in [0.5, 0.6) is 0 Å². The van der Waals surface area contributed by atoms with Crippen molar-refractivity contribution in [2.24, 2.45) is 0 Å². The minimum Gasteiger partial charge on any atom is -0.369 e. The van der Waals surface area contributed by atoms with Crippen molar-refractivity contribution in [2.75, 3.05) is 23.7 Å². The molecule has 1 aromatic heterocycles. The standard InChI is InChI=1S/C15H21N5/c1-2-10-17-15-19-14(12-18-20-15)16-11-6-9-13-7-4-3-5-8-13/h3-5,7-8,12H,2,6,9-11H2,1H3,(H2,16,17,19,20). The van der Waals surface area contributed by atoms with Gasteiger partial charge in [-0.15, -0.1) is 5.10 Å². The SMILES string of the molecule is CCCNc1nncc(NCCCc2ccccc2)n1. The van der Waals surface area contributed by atoms with Gasteiger partial charge in [0.2, 0.25) is 5.95 Å². The second-order valence-electron chi connectivity index (χ2n) is 4.61. The van der Waals surface area contributed by atoms with E-state index in [0.29, 0.717) is 5.95 Å². The number of anilines is 2. The normalized spacial score (nSPS) is 10.2. The van der Waals surface area contributed by atoms with E-state index in [1.54, 1.807) is 6.20 Å². The molecular weight excluding hydrogens is 250 g/mol. The summed E-state index contributed by atoms with van der Waals surface area (Å²) in [7, 11) is 0. The number of rotatable bonds is 8. The van der Waals surface area contributed by atoms with Gasteiger partial charge in [-0.1, -0.05) is 37.3 Å². The van der Waals surface area contributed by atoms with E-state index in [4.69, 9.17) is 0 Å². The fraction of sp³-hybridized carbons (Fsp3) is 0.400. The predicted octanol–water partition coefficient (Wildman–Crippen LogP) is 2.74. The van der Waals surface area contributed by atoms with Gasteiger partial charge in [-0.2, -0.15) is 10.1 Å². The van der Waals surface area contributed by atoms with Crippen LogP contribution in [-0.4, -0.2) is 28.3 Å². The Hall–Kier alpha value is -2.17. The Morgan fingerprint density at radius 2 is 1.90 bits per heavy atom. The molecule has 0 saturated heterocycles. The first kappa shape index (κ1) is 14.2. The van der Waals surface area contributed by atoms with Crippen LogP contribution in [0.15, 0.2) is 36.5 Å². The van der Waals surface area contributed by atoms with Crippen LogP contribution < -0.4 is 10.6 Å². The van der Waals surface area contributed by atoms with Crippen molar-refractivity contribution in [2.45, 2.75) is 26.2 Å². The Bertz CT molecular complexity index is 501. The van der Waals surface area contributed by atoms with Crippen LogP contribution in [0.3, 0.4) is 0 Å². The number of aryl methyl sites for hydroxylation is 1. The number of hydrogen-bond donors (Lipinski definition) is 2. The number of benzene rings is 1. The summed E-state index contributed by atoms with van der Waals surface area (Å²) in [5.41, 5.74) is 1.36. The van der Waals surface area contributed by atoms with Crippen molar-refractivity contribution in [3.63, 3.8) is 0 Å². The monoisotopic (exact) mass is 271 g/mol. The number of aromatic nitrogens is 3. The summed E-state index contributed by atoms with van der Waals surface area (Å²) in [6.07, 6.45) is 4.82. The molecule has 0 radical (unpaired) electrons. The summed E-state index contributed by atoms with van der Waals surface area (Å²) >= 11 is 0. The van der Waals surface area contributed by atoms with Gasteiger partial charge in [0.15, 0.2) is 0 Å². The van der Waals surface area contributed by atoms with Crippen LogP contribution in [0.1, 0.15) is 25.3 Å². The highest BCUT2D eigenvalue weighted by Crippen LogP contribution is 2.05. The van der Waals surface area contributed by atoms with Crippen LogP contribution >= 0.6 is 0 Å². The highest BCUT2D eigenvalue weighted by atomic mass is 15.3. The minimum atomic E-state index is 0.583. The fourth-order valence-electron chi connectivity index (χ4n) is 1.85. The van der Waals surface area contributed by atoms with Gasteiger partial charge in [0, 0.05) is 13.1 Å². The number of nitrogens with one attached hydrogen (secondary N) is 2. The van der Waals surface area contributed by atoms with Crippen LogP contribution in [-0.2, 0) is 6.42 Å². The highest BCUT2D eigenvalue weighted by Gasteiger charge is 1.99. The van der Waals surface area contributed by atoms with Crippen LogP contribution in [0.25, 0.3) is 0 Å². The third-order valence-corrected chi connectivity index (χ3v) is 2.88. The molecule has 2 N–H and O–H groups in total. The summed E-state index contributed by atoms with van der Waals surface area (Å²) < 4.78 is 0. The zero-order chi connectivity index (χ0) is 14.0. The van der Waals surface area contributed by atoms with Gasteiger partial charge >= 0.3 is 0 Å². The van der Waals surface area contributed by atoms with E-state index in [0.717, 1.165) is 38.2 Å². The fourth-order valence-corrected chi connectivity index (χ4v) is 1.85. The van der Waals surface area contributed by atoms with Crippen molar-refractivity contribution >= 4 is 11.8 Å². The van der Waals surface area contributed by atoms with Gasteiger partial charge in [-0.05, 0) is 24.8 Å². The van der Waals surface area contributed by atoms with E-state index in [9.17, 15) is 0 Å². The molecule has 0 fully saturated rings. The summed E-state index contributed by atoms with van der Waals surface area (Å²) in [4.78, 5) is 4.36. The molecule has 0 amide bonds. The second-order valence-corrected chi connectivity index (χ2v) is 4.61. The van der Waals surface area contributed by atoms with Gasteiger partial charge in [0.05, 0.1) is 6.20 Å². The number of hydrogen-bond acceptors (Lipinski definition) is 5. The number of nitrogens with zero attached hydrogens (tertiary/aromatic N) is 3. The van der Waals surface area contributed by atoms with Gasteiger partial charge in [-0.25, -0.2) is 0 Å². The molecule has 106 valence electrons. The van der Waals surface area contributed by atoms with E-state index in [2.05, 4.69) is 57.0 Å². The summed E-state index contributed by atoms with van der Waals surface area (Å²) in [5, 5.41) is 14.3. The maximum atomic E-state index is 4.36. The van der Waals surface area contributed by atoms with Gasteiger partial charge < -0.3 is 10.6 Å². The molecule has 2 rings (SSSR count). The molecule has 1 heterocycles. The van der Waals surface area contributed by atoms with Crippen LogP contribution in [0.4, 0.5) is 11.8 Å². The summed E-state index contributed by atoms with van der Waals surface area (Å²) in [6, 6.07) is 10.5. The third-order valence-electron chi connectivity index (χ3n) is 2.88. The maximum absolute atomic E-state index is 4.36. The van der Waals surface area contributed by atoms with Crippen molar-refractivity contribution < 1.29 is 0 Å². The zero-order valence-corrected chi connectivity index (χ0v) is 11.8. The predicted molar refractivity (Wildman–Crippen MR) is 81.9 cm³/mol. The molecule has 0 aliphatic carbocycles. The lowest BCUT2D eigenvalue weighted by Crippen LogP contribution is -2.09. The second kappa shape index (κ2) is 8.09. The minimum absolute atomic E-state index is 0.583. The molecule has 0 saturated carbocycles. The van der Waals surface area contributed by atoms with Gasteiger partial charge in [0.1, 0.15) is 5.82 Å². The average Bonchev–Trinajstić information content (AvgIpc) is 2.51. The van der Waals surface area contributed by atoms with E-state index < -0.39 is 0 Å². The lowest BCUT2D eigenvalue weighted by atomic mass is 10.1. The molecule has 0 bridgehead atoms. The first-order chi connectivity index (χ1) is 9.88. The molecule has 2 aromatic rings. The van der Waals surface area contributed by atoms with E-state index in [1.807, 2.05) is 6.07 Å². The Labute approximate surface area is 119 Å². The topological polar surface area (TPSA) is 62.7 Å². The third kappa shape index (κ3) is 4.84. The van der Waals surface area contributed by atoms with Gasteiger partial charge in [-0.3, -0.25) is 0 Å². The van der Waals surface area contributed by atoms with E-state index >= 15 is 0 Å². The van der Waals surface area contributed by atoms with E-state index in [-0.39, 0.29) is 0 Å². The lowest BCUT2D eigenvalue weighted by Gasteiger charge is -2.07. The summed E-state index contributed by atoms with van der Waals surface area (Å²) in [6.45, 7) is 3.84. The first-order valence-electron chi connectivity index (χ1n) is 7.10. The molecule has 0 spiro atoms. The molecule has 20 heavy (non-hydrogen) atoms. The largest absolute Gasteiger partial charge is 0.369 e. The van der Waals surface area contributed by atoms with Crippen molar-refractivity contribution in [3.05, 3.63) is 42.1 Å². The molecule has 0 aliphatic heterocycles. The lowest BCUT2D eigenvalue weighted by molar-refractivity contribution is 0.850. The van der Waals surface area contributed by atoms with Gasteiger partial charge in [0.25, 0.3) is 0 Å². The first-order valence-corrected chi connectivity index (χ1v) is 7.10. The van der Waals surface area contributed by atoms with Crippen molar-refractivity contribution in [1.29, 1.82) is 0 Å². The zero-order valence-electron chi connectivity index (χ0n) is 11.8. The highest BCUT2D eigenvalue weighted by molar-refractivity contribution is 5.36. The molecule has 5 nitrogen and oxygen atoms in total. The molecule has 5 heteroatoms.